The number of aryl methyl sites for hydroxylation is 1. The zero-order chi connectivity index (χ0) is 13.2. The van der Waals surface area contributed by atoms with Gasteiger partial charge in [0.1, 0.15) is 0 Å². The first kappa shape index (κ1) is 15.4. The second-order valence-electron chi connectivity index (χ2n) is 4.13. The summed E-state index contributed by atoms with van der Waals surface area (Å²) in [5.41, 5.74) is 0. The molecule has 0 aliphatic rings. The molecule has 0 radical (unpaired) electrons. The molecule has 1 heterocycles. The van der Waals surface area contributed by atoms with Gasteiger partial charge in [0, 0.05) is 20.2 Å². The highest BCUT2D eigenvalue weighted by molar-refractivity contribution is 7.98. The maximum Gasteiger partial charge on any atom is 0.167 e. The van der Waals surface area contributed by atoms with Gasteiger partial charge in [-0.25, -0.2) is 4.68 Å². The van der Waals surface area contributed by atoms with E-state index in [9.17, 15) is 0 Å². The van der Waals surface area contributed by atoms with Crippen LogP contribution in [0.2, 0.25) is 0 Å². The molecule has 0 spiro atoms. The molecule has 18 heavy (non-hydrogen) atoms. The predicted octanol–water partition coefficient (Wildman–Crippen LogP) is 1.11. The lowest BCUT2D eigenvalue weighted by Gasteiger charge is -2.13. The average molecular weight is 273 g/mol. The third kappa shape index (κ3) is 5.32. The average Bonchev–Trinajstić information content (AvgIpc) is 2.83. The molecule has 0 saturated carbocycles. The summed E-state index contributed by atoms with van der Waals surface area (Å²) >= 11 is 1.88. The minimum atomic E-state index is 0.149. The van der Waals surface area contributed by atoms with Gasteiger partial charge >= 0.3 is 0 Å². The van der Waals surface area contributed by atoms with Crippen molar-refractivity contribution in [1.29, 1.82) is 0 Å². The minimum absolute atomic E-state index is 0.149. The quantitative estimate of drug-likeness (QED) is 0.644. The summed E-state index contributed by atoms with van der Waals surface area (Å²) in [4.78, 5) is 0. The van der Waals surface area contributed by atoms with Crippen molar-refractivity contribution in [3.05, 3.63) is 5.82 Å². The van der Waals surface area contributed by atoms with E-state index >= 15 is 0 Å². The van der Waals surface area contributed by atoms with Crippen molar-refractivity contribution in [2.75, 3.05) is 32.3 Å². The highest BCUT2D eigenvalue weighted by Gasteiger charge is 2.13. The van der Waals surface area contributed by atoms with Crippen LogP contribution < -0.4 is 5.32 Å². The number of rotatable bonds is 10. The first-order valence-electron chi connectivity index (χ1n) is 6.27. The van der Waals surface area contributed by atoms with Gasteiger partial charge in [-0.2, -0.15) is 11.8 Å². The van der Waals surface area contributed by atoms with Crippen LogP contribution in [0.1, 0.15) is 31.6 Å². The number of unbranched alkanes of at least 4 members (excludes halogenated alkanes) is 1. The van der Waals surface area contributed by atoms with Gasteiger partial charge in [-0.05, 0) is 42.2 Å². The van der Waals surface area contributed by atoms with Crippen LogP contribution in [0.15, 0.2) is 0 Å². The van der Waals surface area contributed by atoms with E-state index in [1.807, 2.05) is 16.4 Å². The molecular formula is C11H23N5OS. The zero-order valence-electron chi connectivity index (χ0n) is 11.4. The van der Waals surface area contributed by atoms with E-state index in [1.54, 1.807) is 7.11 Å². The van der Waals surface area contributed by atoms with Crippen molar-refractivity contribution in [2.24, 2.45) is 0 Å². The van der Waals surface area contributed by atoms with Crippen LogP contribution in [-0.4, -0.2) is 52.5 Å². The summed E-state index contributed by atoms with van der Waals surface area (Å²) in [6.45, 7) is 4.45. The third-order valence-electron chi connectivity index (χ3n) is 2.67. The summed E-state index contributed by atoms with van der Waals surface area (Å²) < 4.78 is 6.90. The fourth-order valence-electron chi connectivity index (χ4n) is 1.66. The number of ether oxygens (including phenoxy) is 1. The Morgan fingerprint density at radius 3 is 3.00 bits per heavy atom. The molecule has 0 aliphatic heterocycles. The monoisotopic (exact) mass is 273 g/mol. The number of hydrogen-bond donors (Lipinski definition) is 1. The van der Waals surface area contributed by atoms with Gasteiger partial charge < -0.3 is 10.1 Å². The molecule has 1 atom stereocenters. The molecular weight excluding hydrogens is 250 g/mol. The van der Waals surface area contributed by atoms with E-state index < -0.39 is 0 Å². The van der Waals surface area contributed by atoms with Gasteiger partial charge in [0.05, 0.1) is 12.6 Å². The molecule has 0 bridgehead atoms. The summed E-state index contributed by atoms with van der Waals surface area (Å²) in [5, 5.41) is 15.2. The van der Waals surface area contributed by atoms with Crippen molar-refractivity contribution >= 4 is 11.8 Å². The molecule has 0 aliphatic carbocycles. The number of nitrogens with zero attached hydrogens (tertiary/aromatic N) is 4. The minimum Gasteiger partial charge on any atom is -0.383 e. The molecule has 0 amide bonds. The van der Waals surface area contributed by atoms with Gasteiger partial charge in [0.25, 0.3) is 0 Å². The molecule has 1 aromatic heterocycles. The first-order chi connectivity index (χ1) is 8.79. The fraction of sp³-hybridized carbons (Fsp3) is 0.909. The molecule has 1 N–H and O–H groups in total. The van der Waals surface area contributed by atoms with Crippen molar-refractivity contribution in [3.63, 3.8) is 0 Å². The van der Waals surface area contributed by atoms with Crippen LogP contribution in [0.25, 0.3) is 0 Å². The van der Waals surface area contributed by atoms with Crippen LogP contribution in [0.5, 0.6) is 0 Å². The van der Waals surface area contributed by atoms with E-state index in [0.29, 0.717) is 6.61 Å². The Bertz CT molecular complexity index is 320. The second kappa shape index (κ2) is 9.29. The van der Waals surface area contributed by atoms with Crippen molar-refractivity contribution in [3.8, 4) is 0 Å². The molecule has 0 aromatic carbocycles. The lowest BCUT2D eigenvalue weighted by atomic mass is 10.3. The van der Waals surface area contributed by atoms with Gasteiger partial charge in [-0.3, -0.25) is 0 Å². The maximum absolute atomic E-state index is 5.01. The molecule has 0 fully saturated rings. The number of hydrogen-bond acceptors (Lipinski definition) is 6. The Hall–Kier alpha value is -0.660. The van der Waals surface area contributed by atoms with E-state index in [0.717, 1.165) is 25.3 Å². The van der Waals surface area contributed by atoms with E-state index in [2.05, 4.69) is 34.0 Å². The molecule has 7 heteroatoms. The van der Waals surface area contributed by atoms with E-state index in [4.69, 9.17) is 4.74 Å². The smallest absolute Gasteiger partial charge is 0.167 e. The second-order valence-corrected chi connectivity index (χ2v) is 5.11. The van der Waals surface area contributed by atoms with Gasteiger partial charge in [-0.15, -0.1) is 5.10 Å². The standard InChI is InChI=1S/C11H23N5OS/c1-10(12-6-8-17-2)11-13-14-15-16(11)7-4-5-9-18-3/h10,12H,4-9H2,1-3H3. The highest BCUT2D eigenvalue weighted by Crippen LogP contribution is 2.08. The SMILES string of the molecule is COCCNC(C)c1nnnn1CCCCSC. The van der Waals surface area contributed by atoms with Crippen molar-refractivity contribution in [1.82, 2.24) is 25.5 Å². The van der Waals surface area contributed by atoms with Gasteiger partial charge in [0.15, 0.2) is 5.82 Å². The Labute approximate surface area is 113 Å². The van der Waals surface area contributed by atoms with Crippen molar-refractivity contribution < 1.29 is 4.74 Å². The number of tetrazole rings is 1. The zero-order valence-corrected chi connectivity index (χ0v) is 12.2. The molecule has 0 saturated heterocycles. The van der Waals surface area contributed by atoms with Gasteiger partial charge in [-0.1, -0.05) is 0 Å². The largest absolute Gasteiger partial charge is 0.383 e. The summed E-state index contributed by atoms with van der Waals surface area (Å²) in [6.07, 6.45) is 4.44. The lowest BCUT2D eigenvalue weighted by molar-refractivity contribution is 0.195. The van der Waals surface area contributed by atoms with Crippen LogP contribution in [0.4, 0.5) is 0 Å². The molecule has 1 aromatic rings. The fourth-order valence-corrected chi connectivity index (χ4v) is 2.15. The predicted molar refractivity (Wildman–Crippen MR) is 73.7 cm³/mol. The molecule has 6 nitrogen and oxygen atoms in total. The molecule has 1 rings (SSSR count). The van der Waals surface area contributed by atoms with Crippen LogP contribution in [0, 0.1) is 0 Å². The van der Waals surface area contributed by atoms with E-state index in [1.165, 1.54) is 12.2 Å². The van der Waals surface area contributed by atoms with Crippen LogP contribution in [0.3, 0.4) is 0 Å². The van der Waals surface area contributed by atoms with Crippen LogP contribution >= 0.6 is 11.8 Å². The Kier molecular flexibility index (Phi) is 7.95. The number of aromatic nitrogens is 4. The summed E-state index contributed by atoms with van der Waals surface area (Å²) in [7, 11) is 1.70. The summed E-state index contributed by atoms with van der Waals surface area (Å²) in [6, 6.07) is 0.149. The highest BCUT2D eigenvalue weighted by atomic mass is 32.2. The molecule has 104 valence electrons. The summed E-state index contributed by atoms with van der Waals surface area (Å²) in [5.74, 6) is 2.09. The molecule has 1 unspecified atom stereocenters. The lowest BCUT2D eigenvalue weighted by Crippen LogP contribution is -2.25. The maximum atomic E-state index is 5.01. The third-order valence-corrected chi connectivity index (χ3v) is 3.37. The Balaban J connectivity index is 2.38. The van der Waals surface area contributed by atoms with Crippen LogP contribution in [-0.2, 0) is 11.3 Å². The normalized spacial score (nSPS) is 12.8. The van der Waals surface area contributed by atoms with E-state index in [-0.39, 0.29) is 6.04 Å². The van der Waals surface area contributed by atoms with Crippen molar-refractivity contribution in [2.45, 2.75) is 32.4 Å². The number of methoxy groups -OCH3 is 1. The topological polar surface area (TPSA) is 64.9 Å². The first-order valence-corrected chi connectivity index (χ1v) is 7.66. The Morgan fingerprint density at radius 2 is 2.28 bits per heavy atom. The van der Waals surface area contributed by atoms with Gasteiger partial charge in [0.2, 0.25) is 0 Å². The number of nitrogens with one attached hydrogen (secondary N) is 1. The Morgan fingerprint density at radius 1 is 1.44 bits per heavy atom. The number of thioether (sulfide) groups is 1.